The summed E-state index contributed by atoms with van der Waals surface area (Å²) in [5.41, 5.74) is 0.880. The number of ether oxygens (including phenoxy) is 1. The molecule has 1 N–H and O–H groups in total. The normalized spacial score (nSPS) is 17.7. The molecule has 0 aliphatic carbocycles. The van der Waals surface area contributed by atoms with Crippen molar-refractivity contribution in [1.82, 2.24) is 9.62 Å². The molecule has 0 amide bonds. The lowest BCUT2D eigenvalue weighted by atomic mass is 9.98. The maximum absolute atomic E-state index is 12.7. The highest BCUT2D eigenvalue weighted by molar-refractivity contribution is 7.89. The lowest BCUT2D eigenvalue weighted by Gasteiger charge is -2.31. The Balaban J connectivity index is 2.03. The molecule has 1 fully saturated rings. The van der Waals surface area contributed by atoms with Crippen LogP contribution in [-0.4, -0.2) is 46.0 Å². The van der Waals surface area contributed by atoms with Gasteiger partial charge in [-0.1, -0.05) is 19.1 Å². The molecular formula is C16H26N2O3S. The van der Waals surface area contributed by atoms with Crippen LogP contribution in [0, 0.1) is 5.92 Å². The zero-order valence-electron chi connectivity index (χ0n) is 13.4. The van der Waals surface area contributed by atoms with Gasteiger partial charge in [0.1, 0.15) is 0 Å². The van der Waals surface area contributed by atoms with Gasteiger partial charge in [-0.05, 0) is 49.5 Å². The summed E-state index contributed by atoms with van der Waals surface area (Å²) < 4.78 is 32.2. The van der Waals surface area contributed by atoms with Gasteiger partial charge >= 0.3 is 0 Å². The highest BCUT2D eigenvalue weighted by atomic mass is 32.2. The third-order valence-corrected chi connectivity index (χ3v) is 6.00. The Bertz CT molecular complexity index is 567. The Labute approximate surface area is 133 Å². The van der Waals surface area contributed by atoms with Crippen molar-refractivity contribution in [3.8, 4) is 0 Å². The average Bonchev–Trinajstić information content (AvgIpc) is 2.54. The molecule has 1 aliphatic heterocycles. The number of methoxy groups -OCH3 is 1. The van der Waals surface area contributed by atoms with Crippen LogP contribution in [0.25, 0.3) is 0 Å². The number of sulfonamides is 1. The summed E-state index contributed by atoms with van der Waals surface area (Å²) in [7, 11) is -1.78. The Morgan fingerprint density at radius 3 is 2.68 bits per heavy atom. The minimum absolute atomic E-state index is 0.368. The van der Waals surface area contributed by atoms with Gasteiger partial charge in [0.25, 0.3) is 0 Å². The summed E-state index contributed by atoms with van der Waals surface area (Å²) in [6.45, 7) is 5.67. The number of nitrogens with one attached hydrogen (secondary N) is 1. The van der Waals surface area contributed by atoms with Crippen LogP contribution in [0.5, 0.6) is 0 Å². The number of hydrogen-bond donors (Lipinski definition) is 1. The van der Waals surface area contributed by atoms with Gasteiger partial charge in [-0.15, -0.1) is 0 Å². The van der Waals surface area contributed by atoms with E-state index in [-0.39, 0.29) is 0 Å². The lowest BCUT2D eigenvalue weighted by molar-refractivity contribution is 0.184. The number of benzene rings is 1. The molecule has 0 radical (unpaired) electrons. The second-order valence-electron chi connectivity index (χ2n) is 5.74. The highest BCUT2D eigenvalue weighted by Gasteiger charge is 2.29. The Kier molecular flexibility index (Phi) is 6.37. The number of rotatable bonds is 7. The molecular weight excluding hydrogens is 300 g/mol. The van der Waals surface area contributed by atoms with Gasteiger partial charge in [0.15, 0.2) is 0 Å². The first kappa shape index (κ1) is 17.4. The van der Waals surface area contributed by atoms with Gasteiger partial charge in [-0.3, -0.25) is 0 Å². The minimum Gasteiger partial charge on any atom is -0.380 e. The second-order valence-corrected chi connectivity index (χ2v) is 7.67. The molecule has 1 aromatic carbocycles. The van der Waals surface area contributed by atoms with Crippen molar-refractivity contribution in [3.63, 3.8) is 0 Å². The van der Waals surface area contributed by atoms with Crippen LogP contribution in [0.2, 0.25) is 0 Å². The average molecular weight is 326 g/mol. The van der Waals surface area contributed by atoms with Crippen LogP contribution in [0.3, 0.4) is 0 Å². The van der Waals surface area contributed by atoms with Gasteiger partial charge in [0, 0.05) is 20.2 Å². The topological polar surface area (TPSA) is 58.6 Å². The molecule has 22 heavy (non-hydrogen) atoms. The highest BCUT2D eigenvalue weighted by Crippen LogP contribution is 2.24. The molecule has 1 aromatic rings. The minimum atomic E-state index is -3.39. The van der Waals surface area contributed by atoms with E-state index < -0.39 is 10.0 Å². The molecule has 0 spiro atoms. The van der Waals surface area contributed by atoms with Gasteiger partial charge in [-0.25, -0.2) is 8.42 Å². The first-order chi connectivity index (χ1) is 10.6. The Hall–Kier alpha value is -0.950. The SMILES string of the molecule is CCNCC1CCN(S(=O)(=O)c2cccc(COC)c2)CC1. The van der Waals surface area contributed by atoms with E-state index in [0.29, 0.717) is 30.5 Å². The van der Waals surface area contributed by atoms with Crippen molar-refractivity contribution in [2.45, 2.75) is 31.3 Å². The summed E-state index contributed by atoms with van der Waals surface area (Å²) in [6.07, 6.45) is 1.84. The molecule has 0 saturated carbocycles. The summed E-state index contributed by atoms with van der Waals surface area (Å²) in [4.78, 5) is 0.368. The molecule has 2 rings (SSSR count). The third kappa shape index (κ3) is 4.29. The monoisotopic (exact) mass is 326 g/mol. The van der Waals surface area contributed by atoms with E-state index in [9.17, 15) is 8.42 Å². The van der Waals surface area contributed by atoms with E-state index in [2.05, 4.69) is 12.2 Å². The predicted molar refractivity (Wildman–Crippen MR) is 87.2 cm³/mol. The summed E-state index contributed by atoms with van der Waals surface area (Å²) in [6, 6.07) is 7.03. The smallest absolute Gasteiger partial charge is 0.243 e. The molecule has 1 heterocycles. The van der Waals surface area contributed by atoms with Crippen molar-refractivity contribution >= 4 is 10.0 Å². The summed E-state index contributed by atoms with van der Waals surface area (Å²) >= 11 is 0. The molecule has 0 aromatic heterocycles. The fourth-order valence-electron chi connectivity index (χ4n) is 2.81. The van der Waals surface area contributed by atoms with Crippen LogP contribution in [-0.2, 0) is 21.4 Å². The first-order valence-electron chi connectivity index (χ1n) is 7.86. The van der Waals surface area contributed by atoms with Gasteiger partial charge in [0.05, 0.1) is 11.5 Å². The largest absolute Gasteiger partial charge is 0.380 e. The maximum Gasteiger partial charge on any atom is 0.243 e. The molecule has 1 saturated heterocycles. The molecule has 5 nitrogen and oxygen atoms in total. The van der Waals surface area contributed by atoms with Crippen molar-refractivity contribution in [3.05, 3.63) is 29.8 Å². The van der Waals surface area contributed by atoms with Crippen molar-refractivity contribution in [2.24, 2.45) is 5.92 Å². The van der Waals surface area contributed by atoms with E-state index in [4.69, 9.17) is 4.74 Å². The van der Waals surface area contributed by atoms with Crippen molar-refractivity contribution in [1.29, 1.82) is 0 Å². The van der Waals surface area contributed by atoms with Crippen LogP contribution in [0.1, 0.15) is 25.3 Å². The van der Waals surface area contributed by atoms with E-state index in [1.54, 1.807) is 29.6 Å². The van der Waals surface area contributed by atoms with Crippen molar-refractivity contribution < 1.29 is 13.2 Å². The molecule has 0 unspecified atom stereocenters. The molecule has 6 heteroatoms. The van der Waals surface area contributed by atoms with Crippen molar-refractivity contribution in [2.75, 3.05) is 33.3 Å². The fourth-order valence-corrected chi connectivity index (χ4v) is 4.35. The van der Waals surface area contributed by atoms with Gasteiger partial charge < -0.3 is 10.1 Å². The van der Waals surface area contributed by atoms with E-state index >= 15 is 0 Å². The number of hydrogen-bond acceptors (Lipinski definition) is 4. The zero-order valence-corrected chi connectivity index (χ0v) is 14.2. The molecule has 0 atom stereocenters. The van der Waals surface area contributed by atoms with Crippen LogP contribution in [0.15, 0.2) is 29.2 Å². The first-order valence-corrected chi connectivity index (χ1v) is 9.30. The summed E-state index contributed by atoms with van der Waals surface area (Å²) in [5.74, 6) is 0.575. The Morgan fingerprint density at radius 2 is 2.05 bits per heavy atom. The van der Waals surface area contributed by atoms with E-state index in [1.165, 1.54) is 0 Å². The second kappa shape index (κ2) is 8.06. The van der Waals surface area contributed by atoms with Gasteiger partial charge in [-0.2, -0.15) is 4.31 Å². The van der Waals surface area contributed by atoms with Crippen LogP contribution < -0.4 is 5.32 Å². The zero-order chi connectivity index (χ0) is 16.0. The summed E-state index contributed by atoms with van der Waals surface area (Å²) in [5, 5.41) is 3.34. The van der Waals surface area contributed by atoms with Gasteiger partial charge in [0.2, 0.25) is 10.0 Å². The molecule has 0 bridgehead atoms. The fraction of sp³-hybridized carbons (Fsp3) is 0.625. The Morgan fingerprint density at radius 1 is 1.32 bits per heavy atom. The maximum atomic E-state index is 12.7. The third-order valence-electron chi connectivity index (χ3n) is 4.10. The quantitative estimate of drug-likeness (QED) is 0.831. The van der Waals surface area contributed by atoms with Crippen LogP contribution in [0.4, 0.5) is 0 Å². The molecule has 124 valence electrons. The van der Waals surface area contributed by atoms with E-state index in [1.807, 2.05) is 6.07 Å². The predicted octanol–water partition coefficient (Wildman–Crippen LogP) is 1.84. The standard InChI is InChI=1S/C16H26N2O3S/c1-3-17-12-14-7-9-18(10-8-14)22(19,20)16-6-4-5-15(11-16)13-21-2/h4-6,11,14,17H,3,7-10,12-13H2,1-2H3. The van der Waals surface area contributed by atoms with E-state index in [0.717, 1.165) is 31.5 Å². The molecule has 1 aliphatic rings. The number of nitrogens with zero attached hydrogens (tertiary/aromatic N) is 1. The number of piperidine rings is 1. The van der Waals surface area contributed by atoms with Crippen LogP contribution >= 0.6 is 0 Å². The lowest BCUT2D eigenvalue weighted by Crippen LogP contribution is -2.40.